The van der Waals surface area contributed by atoms with E-state index < -0.39 is 0 Å². The molecule has 1 aliphatic heterocycles. The van der Waals surface area contributed by atoms with Crippen LogP contribution < -0.4 is 5.32 Å². The van der Waals surface area contributed by atoms with Crippen LogP contribution in [-0.2, 0) is 11.2 Å². The van der Waals surface area contributed by atoms with Gasteiger partial charge in [-0.3, -0.25) is 0 Å². The normalized spacial score (nSPS) is 21.2. The van der Waals surface area contributed by atoms with E-state index in [2.05, 4.69) is 10.7 Å². The summed E-state index contributed by atoms with van der Waals surface area (Å²) in [6.45, 7) is 1.97. The van der Waals surface area contributed by atoms with Gasteiger partial charge in [0.15, 0.2) is 0 Å². The zero-order valence-electron chi connectivity index (χ0n) is 9.87. The van der Waals surface area contributed by atoms with Crippen molar-refractivity contribution >= 4 is 11.3 Å². The van der Waals surface area contributed by atoms with Crippen LogP contribution in [0.5, 0.6) is 0 Å². The number of thiazole rings is 1. The van der Waals surface area contributed by atoms with Crippen LogP contribution in [0.4, 0.5) is 0 Å². The van der Waals surface area contributed by atoms with Gasteiger partial charge in [0.05, 0.1) is 16.7 Å². The highest BCUT2D eigenvalue weighted by Gasteiger charge is 2.17. The zero-order valence-corrected chi connectivity index (χ0v) is 10.7. The number of hydrogen-bond donors (Lipinski definition) is 1. The van der Waals surface area contributed by atoms with E-state index in [1.807, 2.05) is 0 Å². The van der Waals surface area contributed by atoms with Crippen LogP contribution in [0.25, 0.3) is 0 Å². The summed E-state index contributed by atoms with van der Waals surface area (Å²) >= 11 is 1.79. The molecule has 16 heavy (non-hydrogen) atoms. The van der Waals surface area contributed by atoms with Crippen LogP contribution in [0.2, 0.25) is 0 Å². The minimum absolute atomic E-state index is 0.501. The summed E-state index contributed by atoms with van der Waals surface area (Å²) in [6.07, 6.45) is 5.99. The molecule has 1 aliphatic rings. The summed E-state index contributed by atoms with van der Waals surface area (Å²) in [6, 6.07) is 0.501. The topological polar surface area (TPSA) is 34.1 Å². The van der Waals surface area contributed by atoms with Crippen molar-refractivity contribution in [2.45, 2.75) is 38.1 Å². The summed E-state index contributed by atoms with van der Waals surface area (Å²) in [4.78, 5) is 4.71. The smallest absolute Gasteiger partial charge is 0.0929 e. The van der Waals surface area contributed by atoms with E-state index in [1.165, 1.54) is 30.0 Å². The number of methoxy groups -OCH3 is 1. The van der Waals surface area contributed by atoms with Gasteiger partial charge in [0.25, 0.3) is 0 Å². The maximum atomic E-state index is 5.05. The van der Waals surface area contributed by atoms with E-state index in [1.54, 1.807) is 18.4 Å². The highest BCUT2D eigenvalue weighted by atomic mass is 32.1. The molecule has 0 spiro atoms. The number of piperidine rings is 1. The van der Waals surface area contributed by atoms with Crippen molar-refractivity contribution in [2.24, 2.45) is 0 Å². The summed E-state index contributed by atoms with van der Waals surface area (Å²) in [5, 5.41) is 7.00. The van der Waals surface area contributed by atoms with E-state index >= 15 is 0 Å². The Bertz CT molecular complexity index is 308. The van der Waals surface area contributed by atoms with Gasteiger partial charge in [0.1, 0.15) is 0 Å². The van der Waals surface area contributed by atoms with Gasteiger partial charge in [-0.2, -0.15) is 0 Å². The van der Waals surface area contributed by atoms with E-state index in [0.29, 0.717) is 6.04 Å². The lowest BCUT2D eigenvalue weighted by Crippen LogP contribution is -2.26. The van der Waals surface area contributed by atoms with E-state index in [-0.39, 0.29) is 0 Å². The SMILES string of the molecule is COCCCc1nc(C2CCCCN2)cs1. The third-order valence-electron chi connectivity index (χ3n) is 2.98. The van der Waals surface area contributed by atoms with Gasteiger partial charge >= 0.3 is 0 Å². The third-order valence-corrected chi connectivity index (χ3v) is 3.90. The highest BCUT2D eigenvalue weighted by Crippen LogP contribution is 2.24. The Balaban J connectivity index is 1.85. The van der Waals surface area contributed by atoms with Gasteiger partial charge in [0.2, 0.25) is 0 Å². The molecule has 0 amide bonds. The van der Waals surface area contributed by atoms with Crippen LogP contribution in [0.3, 0.4) is 0 Å². The molecule has 4 heteroatoms. The fourth-order valence-corrected chi connectivity index (χ4v) is 2.97. The number of ether oxygens (including phenoxy) is 1. The molecule has 1 unspecified atom stereocenters. The Morgan fingerprint density at radius 3 is 3.25 bits per heavy atom. The summed E-state index contributed by atoms with van der Waals surface area (Å²) in [5.74, 6) is 0. The van der Waals surface area contributed by atoms with Crippen molar-refractivity contribution in [2.75, 3.05) is 20.3 Å². The molecule has 0 radical (unpaired) electrons. The maximum absolute atomic E-state index is 5.05. The molecule has 1 atom stereocenters. The molecule has 90 valence electrons. The maximum Gasteiger partial charge on any atom is 0.0929 e. The standard InChI is InChI=1S/C12H20N2OS/c1-15-8-4-6-12-14-11(9-16-12)10-5-2-3-7-13-10/h9-10,13H,2-8H2,1H3. The lowest BCUT2D eigenvalue weighted by atomic mass is 10.0. The van der Waals surface area contributed by atoms with Crippen LogP contribution in [-0.4, -0.2) is 25.2 Å². The lowest BCUT2D eigenvalue weighted by molar-refractivity contribution is 0.195. The van der Waals surface area contributed by atoms with Gasteiger partial charge < -0.3 is 10.1 Å². The largest absolute Gasteiger partial charge is 0.385 e. The molecular weight excluding hydrogens is 220 g/mol. The van der Waals surface area contributed by atoms with Gasteiger partial charge in [-0.1, -0.05) is 6.42 Å². The summed E-state index contributed by atoms with van der Waals surface area (Å²) in [7, 11) is 1.75. The molecule has 0 saturated carbocycles. The second kappa shape index (κ2) is 6.33. The average Bonchev–Trinajstić information content (AvgIpc) is 2.79. The Morgan fingerprint density at radius 2 is 2.50 bits per heavy atom. The fourth-order valence-electron chi connectivity index (χ4n) is 2.07. The molecule has 1 aromatic heterocycles. The Kier molecular flexibility index (Phi) is 4.75. The zero-order chi connectivity index (χ0) is 11.2. The number of rotatable bonds is 5. The molecule has 1 fully saturated rings. The minimum Gasteiger partial charge on any atom is -0.385 e. The number of nitrogens with one attached hydrogen (secondary N) is 1. The van der Waals surface area contributed by atoms with Gasteiger partial charge in [-0.25, -0.2) is 4.98 Å². The van der Waals surface area contributed by atoms with Crippen LogP contribution in [0.15, 0.2) is 5.38 Å². The molecule has 1 aromatic rings. The number of nitrogens with zero attached hydrogens (tertiary/aromatic N) is 1. The Morgan fingerprint density at radius 1 is 1.56 bits per heavy atom. The first-order valence-electron chi connectivity index (χ1n) is 6.07. The predicted octanol–water partition coefficient (Wildman–Crippen LogP) is 2.54. The molecule has 0 aromatic carbocycles. The Hall–Kier alpha value is -0.450. The molecule has 3 nitrogen and oxygen atoms in total. The van der Waals surface area contributed by atoms with Crippen molar-refractivity contribution in [3.8, 4) is 0 Å². The van der Waals surface area contributed by atoms with Crippen molar-refractivity contribution < 1.29 is 4.74 Å². The minimum atomic E-state index is 0.501. The van der Waals surface area contributed by atoms with E-state index in [9.17, 15) is 0 Å². The van der Waals surface area contributed by atoms with E-state index in [0.717, 1.165) is 26.0 Å². The van der Waals surface area contributed by atoms with Gasteiger partial charge in [0, 0.05) is 25.5 Å². The molecular formula is C12H20N2OS. The average molecular weight is 240 g/mol. The van der Waals surface area contributed by atoms with E-state index in [4.69, 9.17) is 9.72 Å². The van der Waals surface area contributed by atoms with Crippen LogP contribution in [0, 0.1) is 0 Å². The number of aromatic nitrogens is 1. The molecule has 1 N–H and O–H groups in total. The third kappa shape index (κ3) is 3.27. The van der Waals surface area contributed by atoms with Gasteiger partial charge in [-0.15, -0.1) is 11.3 Å². The first-order valence-corrected chi connectivity index (χ1v) is 6.94. The quantitative estimate of drug-likeness (QED) is 0.803. The first-order chi connectivity index (χ1) is 7.90. The second-order valence-electron chi connectivity index (χ2n) is 4.26. The summed E-state index contributed by atoms with van der Waals surface area (Å²) < 4.78 is 5.05. The summed E-state index contributed by atoms with van der Waals surface area (Å²) in [5.41, 5.74) is 1.25. The van der Waals surface area contributed by atoms with Gasteiger partial charge in [-0.05, 0) is 25.8 Å². The number of hydrogen-bond acceptors (Lipinski definition) is 4. The Labute approximate surface area is 101 Å². The molecule has 2 rings (SSSR count). The second-order valence-corrected chi connectivity index (χ2v) is 5.21. The molecule has 0 bridgehead atoms. The monoisotopic (exact) mass is 240 g/mol. The number of aryl methyl sites for hydroxylation is 1. The lowest BCUT2D eigenvalue weighted by Gasteiger charge is -2.21. The molecule has 1 saturated heterocycles. The van der Waals surface area contributed by atoms with Crippen molar-refractivity contribution in [3.05, 3.63) is 16.1 Å². The van der Waals surface area contributed by atoms with Crippen LogP contribution >= 0.6 is 11.3 Å². The highest BCUT2D eigenvalue weighted by molar-refractivity contribution is 7.09. The fraction of sp³-hybridized carbons (Fsp3) is 0.750. The molecule has 0 aliphatic carbocycles. The van der Waals surface area contributed by atoms with Crippen molar-refractivity contribution in [1.82, 2.24) is 10.3 Å². The first kappa shape index (κ1) is 12.0. The molecule has 2 heterocycles. The predicted molar refractivity (Wildman–Crippen MR) is 66.9 cm³/mol. The van der Waals surface area contributed by atoms with Crippen molar-refractivity contribution in [3.63, 3.8) is 0 Å². The van der Waals surface area contributed by atoms with Crippen molar-refractivity contribution in [1.29, 1.82) is 0 Å². The van der Waals surface area contributed by atoms with Crippen LogP contribution in [0.1, 0.15) is 42.4 Å².